The van der Waals surface area contributed by atoms with E-state index in [-0.39, 0.29) is 19.5 Å². The molecule has 0 aromatic heterocycles. The van der Waals surface area contributed by atoms with Crippen LogP contribution in [0.1, 0.15) is 28.7 Å². The molecule has 0 fully saturated rings. The van der Waals surface area contributed by atoms with Crippen LogP contribution in [-0.4, -0.2) is 30.2 Å². The minimum Gasteiger partial charge on any atom is -0.382 e. The monoisotopic (exact) mass is 419 g/mol. The van der Waals surface area contributed by atoms with Crippen molar-refractivity contribution in [3.8, 4) is 0 Å². The zero-order valence-electron chi connectivity index (χ0n) is 16.1. The minimum atomic E-state index is -4.45. The summed E-state index contributed by atoms with van der Waals surface area (Å²) < 4.78 is 38.2. The van der Waals surface area contributed by atoms with Gasteiger partial charge in [0.05, 0.1) is 17.8 Å². The Balaban J connectivity index is 1.43. The fourth-order valence-electron chi connectivity index (χ4n) is 2.84. The predicted molar refractivity (Wildman–Crippen MR) is 104 cm³/mol. The van der Waals surface area contributed by atoms with E-state index in [1.807, 2.05) is 31.2 Å². The van der Waals surface area contributed by atoms with Crippen molar-refractivity contribution in [1.82, 2.24) is 10.6 Å². The van der Waals surface area contributed by atoms with Gasteiger partial charge in [-0.05, 0) is 30.2 Å². The SMILES string of the molecule is Cc1ccc(C2=NO[C@@H](C(=O)NCC(=O)NCc3cccc(C(F)(F)F)c3)C2)cc1. The first-order chi connectivity index (χ1) is 14.2. The van der Waals surface area contributed by atoms with Crippen LogP contribution >= 0.6 is 0 Å². The number of aryl methyl sites for hydroxylation is 1. The fraction of sp³-hybridized carbons (Fsp3) is 0.286. The summed E-state index contributed by atoms with van der Waals surface area (Å²) in [6.45, 7) is 1.56. The van der Waals surface area contributed by atoms with E-state index in [1.165, 1.54) is 12.1 Å². The van der Waals surface area contributed by atoms with Gasteiger partial charge in [0.25, 0.3) is 5.91 Å². The van der Waals surface area contributed by atoms with E-state index in [9.17, 15) is 22.8 Å². The number of halogens is 3. The van der Waals surface area contributed by atoms with Crippen LogP contribution in [0.3, 0.4) is 0 Å². The Bertz CT molecular complexity index is 956. The van der Waals surface area contributed by atoms with E-state index in [0.29, 0.717) is 11.3 Å². The number of carbonyl (C=O) groups excluding carboxylic acids is 2. The summed E-state index contributed by atoms with van der Waals surface area (Å²) in [5, 5.41) is 8.85. The molecular formula is C21H20F3N3O3. The van der Waals surface area contributed by atoms with Crippen molar-refractivity contribution >= 4 is 17.5 Å². The third-order valence-electron chi connectivity index (χ3n) is 4.51. The summed E-state index contributed by atoms with van der Waals surface area (Å²) in [6.07, 6.45) is -5.01. The van der Waals surface area contributed by atoms with Crippen molar-refractivity contribution in [2.24, 2.45) is 5.16 Å². The molecule has 1 atom stereocenters. The molecule has 0 saturated carbocycles. The average molecular weight is 419 g/mol. The standard InChI is InChI=1S/C21H20F3N3O3/c1-13-5-7-15(8-6-13)17-10-18(30-27-17)20(29)26-12-19(28)25-11-14-3-2-4-16(9-14)21(22,23)24/h2-9,18H,10-12H2,1H3,(H,25,28)(H,26,29)/t18-/m1/s1. The van der Waals surface area contributed by atoms with Crippen LogP contribution < -0.4 is 10.6 Å². The zero-order chi connectivity index (χ0) is 21.7. The van der Waals surface area contributed by atoms with Gasteiger partial charge in [-0.15, -0.1) is 0 Å². The molecule has 30 heavy (non-hydrogen) atoms. The molecule has 0 radical (unpaired) electrons. The molecule has 2 N–H and O–H groups in total. The second kappa shape index (κ2) is 8.98. The van der Waals surface area contributed by atoms with Crippen molar-refractivity contribution in [2.75, 3.05) is 6.54 Å². The molecule has 2 aromatic carbocycles. The third-order valence-corrected chi connectivity index (χ3v) is 4.51. The highest BCUT2D eigenvalue weighted by Gasteiger charge is 2.30. The van der Waals surface area contributed by atoms with Crippen LogP contribution in [0.2, 0.25) is 0 Å². The van der Waals surface area contributed by atoms with Gasteiger partial charge in [-0.25, -0.2) is 0 Å². The van der Waals surface area contributed by atoms with Crippen molar-refractivity contribution < 1.29 is 27.6 Å². The van der Waals surface area contributed by atoms with Gasteiger partial charge < -0.3 is 15.5 Å². The van der Waals surface area contributed by atoms with Crippen LogP contribution in [0.4, 0.5) is 13.2 Å². The molecule has 0 unspecified atom stereocenters. The van der Waals surface area contributed by atoms with Gasteiger partial charge in [-0.2, -0.15) is 13.2 Å². The molecule has 1 heterocycles. The van der Waals surface area contributed by atoms with Crippen LogP contribution in [0, 0.1) is 6.92 Å². The molecule has 1 aliphatic rings. The van der Waals surface area contributed by atoms with Crippen LogP contribution in [0.5, 0.6) is 0 Å². The van der Waals surface area contributed by atoms with Crippen molar-refractivity contribution in [2.45, 2.75) is 32.2 Å². The number of hydrogen-bond acceptors (Lipinski definition) is 4. The Morgan fingerprint density at radius 1 is 1.13 bits per heavy atom. The van der Waals surface area contributed by atoms with Gasteiger partial charge in [0.1, 0.15) is 0 Å². The Morgan fingerprint density at radius 3 is 2.57 bits per heavy atom. The number of benzene rings is 2. The highest BCUT2D eigenvalue weighted by atomic mass is 19.4. The summed E-state index contributed by atoms with van der Waals surface area (Å²) in [7, 11) is 0. The quantitative estimate of drug-likeness (QED) is 0.756. The Hall–Kier alpha value is -3.36. The summed E-state index contributed by atoms with van der Waals surface area (Å²) >= 11 is 0. The molecule has 2 aromatic rings. The first kappa shape index (κ1) is 21.4. The maximum atomic E-state index is 12.7. The van der Waals surface area contributed by atoms with Gasteiger partial charge in [0.15, 0.2) is 0 Å². The lowest BCUT2D eigenvalue weighted by atomic mass is 10.0. The number of nitrogens with one attached hydrogen (secondary N) is 2. The molecular weight excluding hydrogens is 399 g/mol. The van der Waals surface area contributed by atoms with E-state index in [4.69, 9.17) is 4.84 Å². The topological polar surface area (TPSA) is 79.8 Å². The first-order valence-electron chi connectivity index (χ1n) is 9.22. The number of hydrogen-bond donors (Lipinski definition) is 2. The number of carbonyl (C=O) groups is 2. The number of amides is 2. The van der Waals surface area contributed by atoms with Gasteiger partial charge in [-0.1, -0.05) is 47.1 Å². The van der Waals surface area contributed by atoms with E-state index < -0.39 is 29.7 Å². The van der Waals surface area contributed by atoms with Crippen molar-refractivity contribution in [1.29, 1.82) is 0 Å². The number of rotatable bonds is 6. The lowest BCUT2D eigenvalue weighted by Gasteiger charge is -2.11. The average Bonchev–Trinajstić information content (AvgIpc) is 3.21. The van der Waals surface area contributed by atoms with Crippen LogP contribution in [0.15, 0.2) is 53.7 Å². The maximum Gasteiger partial charge on any atom is 0.416 e. The normalized spacial score (nSPS) is 15.9. The summed E-state index contributed by atoms with van der Waals surface area (Å²) in [5.74, 6) is -1.02. The second-order valence-corrected chi connectivity index (χ2v) is 6.89. The second-order valence-electron chi connectivity index (χ2n) is 6.89. The highest BCUT2D eigenvalue weighted by Crippen LogP contribution is 2.29. The summed E-state index contributed by atoms with van der Waals surface area (Å²) in [6, 6.07) is 12.3. The largest absolute Gasteiger partial charge is 0.416 e. The number of alkyl halides is 3. The van der Waals surface area contributed by atoms with E-state index in [1.54, 1.807) is 0 Å². The molecule has 0 bridgehead atoms. The van der Waals surface area contributed by atoms with Gasteiger partial charge in [0.2, 0.25) is 12.0 Å². The molecule has 0 spiro atoms. The molecule has 0 aliphatic carbocycles. The Kier molecular flexibility index (Phi) is 6.39. The third kappa shape index (κ3) is 5.59. The van der Waals surface area contributed by atoms with E-state index in [2.05, 4.69) is 15.8 Å². The van der Waals surface area contributed by atoms with Crippen molar-refractivity contribution in [3.05, 3.63) is 70.8 Å². The first-order valence-corrected chi connectivity index (χ1v) is 9.22. The highest BCUT2D eigenvalue weighted by molar-refractivity contribution is 6.04. The smallest absolute Gasteiger partial charge is 0.382 e. The molecule has 2 amide bonds. The molecule has 6 nitrogen and oxygen atoms in total. The van der Waals surface area contributed by atoms with E-state index >= 15 is 0 Å². The number of nitrogens with zero attached hydrogens (tertiary/aromatic N) is 1. The summed E-state index contributed by atoms with van der Waals surface area (Å²) in [5.41, 5.74) is 2.12. The van der Waals surface area contributed by atoms with Gasteiger partial charge in [0, 0.05) is 13.0 Å². The summed E-state index contributed by atoms with van der Waals surface area (Å²) in [4.78, 5) is 29.3. The molecule has 3 rings (SSSR count). The predicted octanol–water partition coefficient (Wildman–Crippen LogP) is 2.94. The Morgan fingerprint density at radius 2 is 1.87 bits per heavy atom. The van der Waals surface area contributed by atoms with Crippen LogP contribution in [-0.2, 0) is 27.1 Å². The molecule has 1 aliphatic heterocycles. The molecule has 0 saturated heterocycles. The number of oxime groups is 1. The Labute approximate surface area is 171 Å². The lowest BCUT2D eigenvalue weighted by Crippen LogP contribution is -2.41. The van der Waals surface area contributed by atoms with Gasteiger partial charge >= 0.3 is 6.18 Å². The molecule has 9 heteroatoms. The minimum absolute atomic E-state index is 0.0841. The van der Waals surface area contributed by atoms with E-state index in [0.717, 1.165) is 23.3 Å². The van der Waals surface area contributed by atoms with Crippen LogP contribution in [0.25, 0.3) is 0 Å². The van der Waals surface area contributed by atoms with Gasteiger partial charge in [-0.3, -0.25) is 9.59 Å². The molecule has 158 valence electrons. The lowest BCUT2D eigenvalue weighted by molar-refractivity contribution is -0.137. The fourth-order valence-corrected chi connectivity index (χ4v) is 2.84. The van der Waals surface area contributed by atoms with Crippen molar-refractivity contribution in [3.63, 3.8) is 0 Å². The maximum absolute atomic E-state index is 12.7. The zero-order valence-corrected chi connectivity index (χ0v) is 16.1.